The lowest BCUT2D eigenvalue weighted by Crippen LogP contribution is -2.39. The summed E-state index contributed by atoms with van der Waals surface area (Å²) in [6.45, 7) is 1.50. The number of hydrogen-bond donors (Lipinski definition) is 0. The molecule has 1 saturated heterocycles. The predicted octanol–water partition coefficient (Wildman–Crippen LogP) is -0.122. The molecule has 0 unspecified atom stereocenters. The van der Waals surface area contributed by atoms with Gasteiger partial charge in [-0.15, -0.1) is 0 Å². The molecule has 0 aromatic rings. The average Bonchev–Trinajstić information content (AvgIpc) is 1.55. The topological polar surface area (TPSA) is 21.7 Å². The molecular weight excluding hydrogens is 106 g/mol. The zero-order valence-electron chi connectivity index (χ0n) is 5.26. The van der Waals surface area contributed by atoms with Gasteiger partial charge in [0, 0.05) is 14.1 Å². The van der Waals surface area contributed by atoms with Crippen molar-refractivity contribution in [3.05, 3.63) is 0 Å². The van der Waals surface area contributed by atoms with E-state index in [2.05, 4.69) is 0 Å². The molecule has 0 aliphatic carbocycles. The summed E-state index contributed by atoms with van der Waals surface area (Å²) >= 11 is 0. The first-order valence-electron chi connectivity index (χ1n) is 2.71. The van der Waals surface area contributed by atoms with Crippen molar-refractivity contribution in [1.82, 2.24) is 5.06 Å². The highest BCUT2D eigenvalue weighted by Crippen LogP contribution is 2.04. The van der Waals surface area contributed by atoms with Gasteiger partial charge in [-0.05, 0) is 0 Å². The van der Waals surface area contributed by atoms with E-state index in [9.17, 15) is 0 Å². The van der Waals surface area contributed by atoms with Gasteiger partial charge in [-0.3, -0.25) is 4.84 Å². The normalized spacial score (nSPS) is 21.4. The predicted molar refractivity (Wildman–Crippen MR) is 29.4 cm³/mol. The Kier molecular flexibility index (Phi) is 1.83. The molecule has 0 aromatic carbocycles. The Bertz CT molecular complexity index is 70.8. The van der Waals surface area contributed by atoms with Crippen molar-refractivity contribution in [1.29, 1.82) is 0 Å². The third-order valence-corrected chi connectivity index (χ3v) is 0.967. The molecule has 0 radical (unpaired) electrons. The molecule has 1 heterocycles. The highest BCUT2D eigenvalue weighted by molar-refractivity contribution is 4.62. The molecule has 1 aliphatic rings. The summed E-state index contributed by atoms with van der Waals surface area (Å²) in [6.07, 6.45) is 0.310. The van der Waals surface area contributed by atoms with Gasteiger partial charge in [-0.2, -0.15) is 5.06 Å². The monoisotopic (exact) mass is 117 g/mol. The van der Waals surface area contributed by atoms with Gasteiger partial charge in [0.2, 0.25) is 0 Å². The van der Waals surface area contributed by atoms with Crippen LogP contribution >= 0.6 is 0 Å². The van der Waals surface area contributed by atoms with E-state index < -0.39 is 0 Å². The SMILES string of the molecule is CN(C)OC1COC1. The number of hydrogen-bond acceptors (Lipinski definition) is 3. The van der Waals surface area contributed by atoms with Gasteiger partial charge in [0.05, 0.1) is 13.2 Å². The molecule has 8 heavy (non-hydrogen) atoms. The largest absolute Gasteiger partial charge is 0.376 e. The Labute approximate surface area is 49.1 Å². The number of hydroxylamine groups is 2. The van der Waals surface area contributed by atoms with Crippen LogP contribution in [0.5, 0.6) is 0 Å². The minimum absolute atomic E-state index is 0.310. The molecule has 3 heteroatoms. The van der Waals surface area contributed by atoms with Crippen molar-refractivity contribution >= 4 is 0 Å². The molecule has 3 nitrogen and oxygen atoms in total. The second kappa shape index (κ2) is 2.44. The lowest BCUT2D eigenvalue weighted by molar-refractivity contribution is -0.239. The summed E-state index contributed by atoms with van der Waals surface area (Å²) in [5.74, 6) is 0. The standard InChI is InChI=1S/C5H11NO2/c1-6(2)8-5-3-7-4-5/h5H,3-4H2,1-2H3. The van der Waals surface area contributed by atoms with Gasteiger partial charge < -0.3 is 4.74 Å². The Balaban J connectivity index is 2.01. The fourth-order valence-electron chi connectivity index (χ4n) is 0.573. The van der Waals surface area contributed by atoms with Crippen LogP contribution in [0.3, 0.4) is 0 Å². The van der Waals surface area contributed by atoms with Crippen LogP contribution < -0.4 is 0 Å². The second-order valence-electron chi connectivity index (χ2n) is 2.08. The third kappa shape index (κ3) is 1.43. The maximum absolute atomic E-state index is 5.19. The molecule has 1 fully saturated rings. The lowest BCUT2D eigenvalue weighted by Gasteiger charge is -2.27. The molecule has 0 atom stereocenters. The van der Waals surface area contributed by atoms with Gasteiger partial charge >= 0.3 is 0 Å². The zero-order valence-corrected chi connectivity index (χ0v) is 5.26. The van der Waals surface area contributed by atoms with Crippen LogP contribution in [0.25, 0.3) is 0 Å². The van der Waals surface area contributed by atoms with Gasteiger partial charge in [-0.25, -0.2) is 0 Å². The second-order valence-corrected chi connectivity index (χ2v) is 2.08. The average molecular weight is 117 g/mol. The van der Waals surface area contributed by atoms with Crippen molar-refractivity contribution in [3.8, 4) is 0 Å². The van der Waals surface area contributed by atoms with E-state index in [1.54, 1.807) is 5.06 Å². The number of nitrogens with zero attached hydrogens (tertiary/aromatic N) is 1. The third-order valence-electron chi connectivity index (χ3n) is 0.967. The first kappa shape index (κ1) is 6.01. The Morgan fingerprint density at radius 1 is 1.50 bits per heavy atom. The zero-order chi connectivity index (χ0) is 5.98. The minimum Gasteiger partial charge on any atom is -0.376 e. The van der Waals surface area contributed by atoms with E-state index in [1.807, 2.05) is 14.1 Å². The molecule has 1 rings (SSSR count). The van der Waals surface area contributed by atoms with Crippen molar-refractivity contribution in [2.75, 3.05) is 27.3 Å². The molecule has 1 aliphatic heterocycles. The summed E-state index contributed by atoms with van der Waals surface area (Å²) < 4.78 is 4.88. The van der Waals surface area contributed by atoms with E-state index in [0.29, 0.717) is 6.10 Å². The summed E-state index contributed by atoms with van der Waals surface area (Å²) in [4.78, 5) is 5.19. The Morgan fingerprint density at radius 2 is 2.12 bits per heavy atom. The van der Waals surface area contributed by atoms with E-state index in [-0.39, 0.29) is 0 Å². The smallest absolute Gasteiger partial charge is 0.126 e. The quantitative estimate of drug-likeness (QED) is 0.470. The summed E-state index contributed by atoms with van der Waals surface area (Å²) in [7, 11) is 3.75. The molecule has 48 valence electrons. The van der Waals surface area contributed by atoms with Crippen LogP contribution in [0.4, 0.5) is 0 Å². The van der Waals surface area contributed by atoms with E-state index in [1.165, 1.54) is 0 Å². The highest BCUT2D eigenvalue weighted by atomic mass is 16.7. The van der Waals surface area contributed by atoms with E-state index >= 15 is 0 Å². The fraction of sp³-hybridized carbons (Fsp3) is 1.00. The molecular formula is C5H11NO2. The highest BCUT2D eigenvalue weighted by Gasteiger charge is 2.19. The summed E-state index contributed by atoms with van der Waals surface area (Å²) in [5.41, 5.74) is 0. The first-order valence-corrected chi connectivity index (χ1v) is 2.71. The molecule has 0 spiro atoms. The number of ether oxygens (including phenoxy) is 1. The van der Waals surface area contributed by atoms with Crippen LogP contribution in [-0.4, -0.2) is 38.5 Å². The van der Waals surface area contributed by atoms with E-state index in [0.717, 1.165) is 13.2 Å². The minimum atomic E-state index is 0.310. The van der Waals surface area contributed by atoms with Gasteiger partial charge in [0.1, 0.15) is 6.10 Å². The van der Waals surface area contributed by atoms with Crippen molar-refractivity contribution < 1.29 is 9.57 Å². The molecule has 0 saturated carbocycles. The summed E-state index contributed by atoms with van der Waals surface area (Å²) in [5, 5.41) is 1.70. The van der Waals surface area contributed by atoms with Crippen LogP contribution in [0.15, 0.2) is 0 Å². The van der Waals surface area contributed by atoms with E-state index in [4.69, 9.17) is 9.57 Å². The van der Waals surface area contributed by atoms with Crippen LogP contribution in [0.1, 0.15) is 0 Å². The molecule has 0 aromatic heterocycles. The van der Waals surface area contributed by atoms with Crippen LogP contribution in [0, 0.1) is 0 Å². The van der Waals surface area contributed by atoms with Crippen LogP contribution in [-0.2, 0) is 9.57 Å². The maximum atomic E-state index is 5.19. The van der Waals surface area contributed by atoms with Crippen LogP contribution in [0.2, 0.25) is 0 Å². The lowest BCUT2D eigenvalue weighted by atomic mass is 10.3. The maximum Gasteiger partial charge on any atom is 0.126 e. The molecule has 0 N–H and O–H groups in total. The van der Waals surface area contributed by atoms with Gasteiger partial charge in [0.25, 0.3) is 0 Å². The molecule has 0 bridgehead atoms. The van der Waals surface area contributed by atoms with Crippen molar-refractivity contribution in [2.45, 2.75) is 6.10 Å². The number of rotatable bonds is 2. The van der Waals surface area contributed by atoms with Gasteiger partial charge in [-0.1, -0.05) is 0 Å². The fourth-order valence-corrected chi connectivity index (χ4v) is 0.573. The summed E-state index contributed by atoms with van der Waals surface area (Å²) in [6, 6.07) is 0. The first-order chi connectivity index (χ1) is 3.79. The van der Waals surface area contributed by atoms with Crippen molar-refractivity contribution in [2.24, 2.45) is 0 Å². The van der Waals surface area contributed by atoms with Gasteiger partial charge in [0.15, 0.2) is 0 Å². The Morgan fingerprint density at radius 3 is 2.25 bits per heavy atom. The molecule has 0 amide bonds. The van der Waals surface area contributed by atoms with Crippen molar-refractivity contribution in [3.63, 3.8) is 0 Å². The Hall–Kier alpha value is -0.120.